The minimum Gasteiger partial charge on any atom is -0.493 e. The molecule has 6 heteroatoms. The van der Waals surface area contributed by atoms with Gasteiger partial charge in [0.25, 0.3) is 5.91 Å². The summed E-state index contributed by atoms with van der Waals surface area (Å²) in [6, 6.07) is 13.0. The van der Waals surface area contributed by atoms with Crippen molar-refractivity contribution < 1.29 is 23.8 Å². The van der Waals surface area contributed by atoms with Crippen molar-refractivity contribution in [2.45, 2.75) is 63.0 Å². The molecule has 1 N–H and O–H groups in total. The predicted octanol–water partition coefficient (Wildman–Crippen LogP) is 4.91. The summed E-state index contributed by atoms with van der Waals surface area (Å²) in [5.41, 5.74) is 1.61. The highest BCUT2D eigenvalue weighted by molar-refractivity contribution is 5.95. The zero-order valence-electron chi connectivity index (χ0n) is 19.9. The third kappa shape index (κ3) is 5.06. The highest BCUT2D eigenvalue weighted by Gasteiger charge is 2.43. The molecular weight excluding hydrogens is 430 g/mol. The van der Waals surface area contributed by atoms with Gasteiger partial charge >= 0.3 is 0 Å². The lowest BCUT2D eigenvalue weighted by atomic mass is 9.79. The SMILES string of the molecule is COc1ccc(C2CCC(=O)CC2NC(=O)c2ccc(OC(C3CC3)C3CC3)cc2)cc1OC. The lowest BCUT2D eigenvalue weighted by Crippen LogP contribution is -2.43. The van der Waals surface area contributed by atoms with Gasteiger partial charge in [0, 0.05) is 30.4 Å². The van der Waals surface area contributed by atoms with Crippen LogP contribution >= 0.6 is 0 Å². The van der Waals surface area contributed by atoms with Gasteiger partial charge in [-0.25, -0.2) is 0 Å². The van der Waals surface area contributed by atoms with E-state index in [0.29, 0.717) is 54.3 Å². The number of ether oxygens (including phenoxy) is 3. The van der Waals surface area contributed by atoms with Crippen LogP contribution in [0, 0.1) is 11.8 Å². The Kier molecular flexibility index (Phi) is 6.48. The molecule has 0 heterocycles. The van der Waals surface area contributed by atoms with Gasteiger partial charge < -0.3 is 19.5 Å². The summed E-state index contributed by atoms with van der Waals surface area (Å²) in [4.78, 5) is 25.3. The number of ketones is 1. The predicted molar refractivity (Wildman–Crippen MR) is 129 cm³/mol. The Hall–Kier alpha value is -3.02. The number of hydrogen-bond donors (Lipinski definition) is 1. The first kappa shape index (κ1) is 22.8. The van der Waals surface area contributed by atoms with Gasteiger partial charge in [-0.1, -0.05) is 6.07 Å². The first-order valence-electron chi connectivity index (χ1n) is 12.4. The molecule has 34 heavy (non-hydrogen) atoms. The molecule has 6 nitrogen and oxygen atoms in total. The van der Waals surface area contributed by atoms with Crippen LogP contribution in [0.1, 0.15) is 66.8 Å². The molecule has 0 spiro atoms. The summed E-state index contributed by atoms with van der Waals surface area (Å²) >= 11 is 0. The van der Waals surface area contributed by atoms with Crippen molar-refractivity contribution in [3.8, 4) is 17.2 Å². The molecule has 3 saturated carbocycles. The Morgan fingerprint density at radius 3 is 2.21 bits per heavy atom. The molecule has 3 aliphatic rings. The van der Waals surface area contributed by atoms with E-state index in [-0.39, 0.29) is 23.7 Å². The van der Waals surface area contributed by atoms with Crippen LogP contribution in [0.3, 0.4) is 0 Å². The van der Waals surface area contributed by atoms with Gasteiger partial charge in [0.15, 0.2) is 11.5 Å². The third-order valence-corrected chi connectivity index (χ3v) is 7.38. The Bertz CT molecular complexity index is 1030. The lowest BCUT2D eigenvalue weighted by Gasteiger charge is -2.32. The zero-order valence-corrected chi connectivity index (χ0v) is 19.9. The first-order chi connectivity index (χ1) is 16.6. The van der Waals surface area contributed by atoms with Crippen molar-refractivity contribution in [1.82, 2.24) is 5.32 Å². The number of rotatable bonds is 9. The van der Waals surface area contributed by atoms with Crippen LogP contribution in [0.5, 0.6) is 17.2 Å². The van der Waals surface area contributed by atoms with Crippen LogP contribution < -0.4 is 19.5 Å². The van der Waals surface area contributed by atoms with Crippen molar-refractivity contribution in [2.24, 2.45) is 11.8 Å². The summed E-state index contributed by atoms with van der Waals surface area (Å²) in [5.74, 6) is 3.58. The van der Waals surface area contributed by atoms with Crippen molar-refractivity contribution in [1.29, 1.82) is 0 Å². The van der Waals surface area contributed by atoms with E-state index in [2.05, 4.69) is 5.32 Å². The van der Waals surface area contributed by atoms with E-state index in [1.807, 2.05) is 42.5 Å². The van der Waals surface area contributed by atoms with Gasteiger partial charge in [0.05, 0.1) is 14.2 Å². The van der Waals surface area contributed by atoms with E-state index in [1.54, 1.807) is 14.2 Å². The fourth-order valence-corrected chi connectivity index (χ4v) is 5.16. The summed E-state index contributed by atoms with van der Waals surface area (Å²) in [5, 5.41) is 3.12. The lowest BCUT2D eigenvalue weighted by molar-refractivity contribution is -0.121. The van der Waals surface area contributed by atoms with Crippen LogP contribution in [0.2, 0.25) is 0 Å². The fraction of sp³-hybridized carbons (Fsp3) is 0.500. The second kappa shape index (κ2) is 9.69. The van der Waals surface area contributed by atoms with E-state index in [1.165, 1.54) is 25.7 Å². The number of Topliss-reactive ketones (excluding diaryl/α,β-unsaturated/α-hetero) is 1. The van der Waals surface area contributed by atoms with E-state index in [4.69, 9.17) is 14.2 Å². The topological polar surface area (TPSA) is 73.9 Å². The fourth-order valence-electron chi connectivity index (χ4n) is 5.16. The standard InChI is InChI=1S/C28H33NO5/c1-32-25-14-9-20(15-26(25)33-2)23-13-10-21(30)16-24(23)29-28(31)19-7-11-22(12-8-19)34-27(17-3-4-17)18-5-6-18/h7-9,11-12,14-15,17-18,23-24,27H,3-6,10,13,16H2,1-2H3,(H,29,31). The summed E-state index contributed by atoms with van der Waals surface area (Å²) in [6.07, 6.45) is 6.93. The molecule has 180 valence electrons. The summed E-state index contributed by atoms with van der Waals surface area (Å²) < 4.78 is 17.1. The number of carbonyl (C=O) groups excluding carboxylic acids is 2. The molecule has 0 aliphatic heterocycles. The van der Waals surface area contributed by atoms with Crippen LogP contribution in [0.25, 0.3) is 0 Å². The maximum absolute atomic E-state index is 13.1. The summed E-state index contributed by atoms with van der Waals surface area (Å²) in [6.45, 7) is 0. The van der Waals surface area contributed by atoms with E-state index < -0.39 is 0 Å². The number of hydrogen-bond acceptors (Lipinski definition) is 5. The van der Waals surface area contributed by atoms with E-state index >= 15 is 0 Å². The van der Waals surface area contributed by atoms with Gasteiger partial charge in [-0.3, -0.25) is 9.59 Å². The normalized spacial score (nSPS) is 22.4. The van der Waals surface area contributed by atoms with Crippen LogP contribution in [-0.4, -0.2) is 38.1 Å². The molecule has 3 fully saturated rings. The highest BCUT2D eigenvalue weighted by atomic mass is 16.5. The van der Waals surface area contributed by atoms with Gasteiger partial charge in [-0.05, 0) is 85.9 Å². The Morgan fingerprint density at radius 2 is 1.59 bits per heavy atom. The Morgan fingerprint density at radius 1 is 0.912 bits per heavy atom. The minimum atomic E-state index is -0.267. The minimum absolute atomic E-state index is 0.0295. The van der Waals surface area contributed by atoms with Gasteiger partial charge in [0.2, 0.25) is 0 Å². The smallest absolute Gasteiger partial charge is 0.251 e. The number of amides is 1. The monoisotopic (exact) mass is 463 g/mol. The van der Waals surface area contributed by atoms with E-state index in [0.717, 1.165) is 11.3 Å². The van der Waals surface area contributed by atoms with Crippen LogP contribution in [-0.2, 0) is 4.79 Å². The molecule has 2 atom stereocenters. The second-order valence-corrected chi connectivity index (χ2v) is 9.86. The molecular formula is C28H33NO5. The second-order valence-electron chi connectivity index (χ2n) is 9.86. The molecule has 2 unspecified atom stereocenters. The molecule has 0 saturated heterocycles. The molecule has 0 radical (unpaired) electrons. The van der Waals surface area contributed by atoms with Crippen molar-refractivity contribution >= 4 is 11.7 Å². The largest absolute Gasteiger partial charge is 0.493 e. The third-order valence-electron chi connectivity index (χ3n) is 7.38. The number of nitrogens with one attached hydrogen (secondary N) is 1. The molecule has 0 bridgehead atoms. The summed E-state index contributed by atoms with van der Waals surface area (Å²) in [7, 11) is 3.21. The average Bonchev–Trinajstić information content (AvgIpc) is 3.77. The zero-order chi connectivity index (χ0) is 23.7. The number of benzene rings is 2. The van der Waals surface area contributed by atoms with Crippen LogP contribution in [0.4, 0.5) is 0 Å². The van der Waals surface area contributed by atoms with Crippen molar-refractivity contribution in [2.75, 3.05) is 14.2 Å². The number of methoxy groups -OCH3 is 2. The maximum atomic E-state index is 13.1. The molecule has 0 aromatic heterocycles. The maximum Gasteiger partial charge on any atom is 0.251 e. The number of carbonyl (C=O) groups is 2. The van der Waals surface area contributed by atoms with Crippen molar-refractivity contribution in [3.05, 3.63) is 53.6 Å². The van der Waals surface area contributed by atoms with E-state index in [9.17, 15) is 9.59 Å². The molecule has 3 aliphatic carbocycles. The molecule has 2 aromatic carbocycles. The van der Waals surface area contributed by atoms with Gasteiger partial charge in [-0.2, -0.15) is 0 Å². The Balaban J connectivity index is 1.27. The quantitative estimate of drug-likeness (QED) is 0.572. The molecule has 5 rings (SSSR count). The van der Waals surface area contributed by atoms with Crippen LogP contribution in [0.15, 0.2) is 42.5 Å². The first-order valence-corrected chi connectivity index (χ1v) is 12.4. The average molecular weight is 464 g/mol. The highest BCUT2D eigenvalue weighted by Crippen LogP contribution is 2.46. The molecule has 1 amide bonds. The Labute approximate surface area is 201 Å². The van der Waals surface area contributed by atoms with Gasteiger partial charge in [0.1, 0.15) is 17.6 Å². The van der Waals surface area contributed by atoms with Gasteiger partial charge in [-0.15, -0.1) is 0 Å². The van der Waals surface area contributed by atoms with Crippen molar-refractivity contribution in [3.63, 3.8) is 0 Å². The molecule has 2 aromatic rings.